The topological polar surface area (TPSA) is 71.1 Å². The molecular formula is C18H14ClN3O2S. The predicted molar refractivity (Wildman–Crippen MR) is 101 cm³/mol. The zero-order chi connectivity index (χ0) is 17.8. The first-order valence-corrected chi connectivity index (χ1v) is 8.59. The summed E-state index contributed by atoms with van der Waals surface area (Å²) in [6.07, 6.45) is 0. The van der Waals surface area contributed by atoms with Crippen LogP contribution < -0.4 is 10.6 Å². The van der Waals surface area contributed by atoms with Crippen molar-refractivity contribution in [3.8, 4) is 0 Å². The van der Waals surface area contributed by atoms with Crippen molar-refractivity contribution in [3.05, 3.63) is 76.4 Å². The molecule has 25 heavy (non-hydrogen) atoms. The zero-order valence-corrected chi connectivity index (χ0v) is 14.8. The van der Waals surface area contributed by atoms with E-state index in [4.69, 9.17) is 11.6 Å². The molecule has 3 rings (SSSR count). The third kappa shape index (κ3) is 4.04. The van der Waals surface area contributed by atoms with Crippen LogP contribution in [-0.4, -0.2) is 16.2 Å². The molecule has 0 radical (unpaired) electrons. The maximum atomic E-state index is 12.6. The first kappa shape index (κ1) is 17.1. The third-order valence-corrected chi connectivity index (χ3v) is 4.56. The first-order chi connectivity index (χ1) is 12.0. The van der Waals surface area contributed by atoms with E-state index in [0.29, 0.717) is 32.5 Å². The molecule has 5 nitrogen and oxygen atoms in total. The van der Waals surface area contributed by atoms with Gasteiger partial charge in [-0.15, -0.1) is 0 Å². The Morgan fingerprint density at radius 3 is 2.32 bits per heavy atom. The van der Waals surface area contributed by atoms with Gasteiger partial charge < -0.3 is 10.6 Å². The van der Waals surface area contributed by atoms with Gasteiger partial charge in [-0.2, -0.15) is 4.37 Å². The minimum Gasteiger partial charge on any atom is -0.322 e. The number of carbonyl (C=O) groups is 2. The van der Waals surface area contributed by atoms with E-state index in [1.807, 2.05) is 6.07 Å². The van der Waals surface area contributed by atoms with Crippen molar-refractivity contribution in [2.75, 3.05) is 10.6 Å². The summed E-state index contributed by atoms with van der Waals surface area (Å²) in [5.74, 6) is -0.623. The molecule has 0 atom stereocenters. The number of anilines is 2. The lowest BCUT2D eigenvalue weighted by Crippen LogP contribution is -2.17. The predicted octanol–water partition coefficient (Wildman–Crippen LogP) is 4.61. The van der Waals surface area contributed by atoms with Crippen molar-refractivity contribution in [2.45, 2.75) is 6.92 Å². The van der Waals surface area contributed by atoms with Gasteiger partial charge in [0.25, 0.3) is 11.8 Å². The molecule has 0 unspecified atom stereocenters. The summed E-state index contributed by atoms with van der Waals surface area (Å²) in [6.45, 7) is 1.73. The number of aryl methyl sites for hydroxylation is 1. The SMILES string of the molecule is Cc1nsc(NC(=O)c2ccccc2)c1C(=O)Nc1ccc(Cl)cc1. The van der Waals surface area contributed by atoms with E-state index < -0.39 is 0 Å². The lowest BCUT2D eigenvalue weighted by Gasteiger charge is -2.08. The summed E-state index contributed by atoms with van der Waals surface area (Å²) in [4.78, 5) is 24.9. The highest BCUT2D eigenvalue weighted by atomic mass is 35.5. The van der Waals surface area contributed by atoms with Crippen LogP contribution in [0.5, 0.6) is 0 Å². The number of rotatable bonds is 4. The van der Waals surface area contributed by atoms with Crippen LogP contribution in [0.15, 0.2) is 54.6 Å². The number of hydrogen-bond donors (Lipinski definition) is 2. The van der Waals surface area contributed by atoms with Gasteiger partial charge in [0.1, 0.15) is 5.00 Å². The van der Waals surface area contributed by atoms with Gasteiger partial charge in [-0.05, 0) is 54.9 Å². The largest absolute Gasteiger partial charge is 0.322 e. The van der Waals surface area contributed by atoms with Crippen molar-refractivity contribution < 1.29 is 9.59 Å². The van der Waals surface area contributed by atoms with Crippen molar-refractivity contribution in [1.29, 1.82) is 0 Å². The van der Waals surface area contributed by atoms with Gasteiger partial charge in [-0.3, -0.25) is 9.59 Å². The second-order valence-electron chi connectivity index (χ2n) is 5.25. The summed E-state index contributed by atoms with van der Waals surface area (Å²) in [7, 11) is 0. The Hall–Kier alpha value is -2.70. The number of hydrogen-bond acceptors (Lipinski definition) is 4. The average molecular weight is 372 g/mol. The first-order valence-electron chi connectivity index (χ1n) is 7.44. The van der Waals surface area contributed by atoms with Crippen molar-refractivity contribution >= 4 is 45.6 Å². The highest BCUT2D eigenvalue weighted by Crippen LogP contribution is 2.26. The van der Waals surface area contributed by atoms with Gasteiger partial charge in [-0.1, -0.05) is 29.8 Å². The molecule has 0 aliphatic heterocycles. The molecule has 0 spiro atoms. The summed E-state index contributed by atoms with van der Waals surface area (Å²) < 4.78 is 4.19. The van der Waals surface area contributed by atoms with E-state index in [-0.39, 0.29) is 11.8 Å². The Bertz CT molecular complexity index is 908. The monoisotopic (exact) mass is 371 g/mol. The van der Waals surface area contributed by atoms with E-state index in [1.165, 1.54) is 0 Å². The van der Waals surface area contributed by atoms with Crippen LogP contribution in [-0.2, 0) is 0 Å². The molecule has 2 N–H and O–H groups in total. The van der Waals surface area contributed by atoms with Gasteiger partial charge in [0, 0.05) is 16.3 Å². The highest BCUT2D eigenvalue weighted by Gasteiger charge is 2.20. The van der Waals surface area contributed by atoms with E-state index >= 15 is 0 Å². The van der Waals surface area contributed by atoms with Gasteiger partial charge >= 0.3 is 0 Å². The zero-order valence-electron chi connectivity index (χ0n) is 13.2. The number of halogens is 1. The molecule has 2 aromatic carbocycles. The molecule has 3 aromatic rings. The Morgan fingerprint density at radius 1 is 0.960 bits per heavy atom. The molecule has 0 bridgehead atoms. The van der Waals surface area contributed by atoms with Crippen molar-refractivity contribution in [1.82, 2.24) is 4.37 Å². The maximum Gasteiger partial charge on any atom is 0.260 e. The van der Waals surface area contributed by atoms with Crippen LogP contribution in [0.1, 0.15) is 26.4 Å². The number of carbonyl (C=O) groups excluding carboxylic acids is 2. The molecule has 0 fully saturated rings. The van der Waals surface area contributed by atoms with Crippen molar-refractivity contribution in [3.63, 3.8) is 0 Å². The van der Waals surface area contributed by atoms with Crippen LogP contribution in [0, 0.1) is 6.92 Å². The molecule has 2 amide bonds. The summed E-state index contributed by atoms with van der Waals surface area (Å²) >= 11 is 6.92. The molecular weight excluding hydrogens is 358 g/mol. The van der Waals surface area contributed by atoms with Crippen LogP contribution in [0.2, 0.25) is 5.02 Å². The lowest BCUT2D eigenvalue weighted by atomic mass is 10.2. The molecule has 0 saturated carbocycles. The molecule has 1 heterocycles. The van der Waals surface area contributed by atoms with Gasteiger partial charge in [0.05, 0.1) is 11.3 Å². The number of amides is 2. The van der Waals surface area contributed by atoms with Gasteiger partial charge in [0.15, 0.2) is 0 Å². The standard InChI is InChI=1S/C18H14ClN3O2S/c1-11-15(17(24)20-14-9-7-13(19)8-10-14)18(25-22-11)21-16(23)12-5-3-2-4-6-12/h2-10H,1H3,(H,20,24)(H,21,23). The summed E-state index contributed by atoms with van der Waals surface area (Å²) in [6, 6.07) is 15.6. The van der Waals surface area contributed by atoms with Crippen LogP contribution >= 0.6 is 23.1 Å². The van der Waals surface area contributed by atoms with Crippen molar-refractivity contribution in [2.24, 2.45) is 0 Å². The smallest absolute Gasteiger partial charge is 0.260 e. The van der Waals surface area contributed by atoms with E-state index in [2.05, 4.69) is 15.0 Å². The minimum atomic E-state index is -0.336. The third-order valence-electron chi connectivity index (χ3n) is 3.45. The van der Waals surface area contributed by atoms with Crippen LogP contribution in [0.3, 0.4) is 0 Å². The van der Waals surface area contributed by atoms with E-state index in [1.54, 1.807) is 55.5 Å². The average Bonchev–Trinajstić information content (AvgIpc) is 2.98. The fourth-order valence-corrected chi connectivity index (χ4v) is 3.13. The Balaban J connectivity index is 1.80. The number of aromatic nitrogens is 1. The fraction of sp³-hybridized carbons (Fsp3) is 0.0556. The highest BCUT2D eigenvalue weighted by molar-refractivity contribution is 7.11. The number of nitrogens with zero attached hydrogens (tertiary/aromatic N) is 1. The van der Waals surface area contributed by atoms with E-state index in [9.17, 15) is 9.59 Å². The Morgan fingerprint density at radius 2 is 1.64 bits per heavy atom. The van der Waals surface area contributed by atoms with Gasteiger partial charge in [0.2, 0.25) is 0 Å². The molecule has 1 aromatic heterocycles. The summed E-state index contributed by atoms with van der Waals surface area (Å²) in [5.41, 5.74) is 2.03. The summed E-state index contributed by atoms with van der Waals surface area (Å²) in [5, 5.41) is 6.54. The second kappa shape index (κ2) is 7.46. The van der Waals surface area contributed by atoms with Crippen LogP contribution in [0.4, 0.5) is 10.7 Å². The normalized spacial score (nSPS) is 10.3. The molecule has 0 aliphatic carbocycles. The quantitative estimate of drug-likeness (QED) is 0.703. The second-order valence-corrected chi connectivity index (χ2v) is 6.46. The minimum absolute atomic E-state index is 0.287. The van der Waals surface area contributed by atoms with E-state index in [0.717, 1.165) is 11.5 Å². The lowest BCUT2D eigenvalue weighted by molar-refractivity contribution is 0.102. The molecule has 0 aliphatic rings. The van der Waals surface area contributed by atoms with Gasteiger partial charge in [-0.25, -0.2) is 0 Å². The number of benzene rings is 2. The number of nitrogens with one attached hydrogen (secondary N) is 2. The molecule has 0 saturated heterocycles. The molecule has 126 valence electrons. The molecule has 7 heteroatoms. The van der Waals surface area contributed by atoms with Crippen LogP contribution in [0.25, 0.3) is 0 Å². The Kier molecular flexibility index (Phi) is 5.11. The Labute approximate surface area is 153 Å². The maximum absolute atomic E-state index is 12.6. The fourth-order valence-electron chi connectivity index (χ4n) is 2.21.